The zero-order chi connectivity index (χ0) is 13.3. The summed E-state index contributed by atoms with van der Waals surface area (Å²) in [6, 6.07) is 2.04. The van der Waals surface area contributed by atoms with Crippen molar-refractivity contribution in [1.82, 2.24) is 0 Å². The fourth-order valence-electron chi connectivity index (χ4n) is 1.30. The van der Waals surface area contributed by atoms with Crippen LogP contribution in [0.1, 0.15) is 41.0 Å². The summed E-state index contributed by atoms with van der Waals surface area (Å²) >= 11 is 0. The van der Waals surface area contributed by atoms with Crippen LogP contribution in [0, 0.1) is 16.7 Å². The Kier molecular flexibility index (Phi) is 7.86. The molecule has 0 aliphatic carbocycles. The molecule has 0 N–H and O–H groups in total. The average molecular weight is 239 g/mol. The van der Waals surface area contributed by atoms with Crippen LogP contribution >= 0.6 is 0 Å². The molecule has 0 bridgehead atoms. The van der Waals surface area contributed by atoms with E-state index >= 15 is 0 Å². The molecule has 0 aromatic heterocycles. The van der Waals surface area contributed by atoms with Gasteiger partial charge in [0.25, 0.3) is 0 Å². The largest absolute Gasteiger partial charge is 0.378 e. The first-order valence-electron chi connectivity index (χ1n) is 6.09. The molecule has 0 saturated heterocycles. The predicted molar refractivity (Wildman–Crippen MR) is 69.7 cm³/mol. The Hall–Kier alpha value is -0.850. The van der Waals surface area contributed by atoms with Crippen molar-refractivity contribution in [3.8, 4) is 6.07 Å². The molecule has 0 amide bonds. The zero-order valence-electron chi connectivity index (χ0n) is 11.7. The first-order valence-corrected chi connectivity index (χ1v) is 6.09. The van der Waals surface area contributed by atoms with Crippen molar-refractivity contribution in [2.45, 2.75) is 47.1 Å². The molecule has 1 atom stereocenters. The van der Waals surface area contributed by atoms with Crippen molar-refractivity contribution in [3.63, 3.8) is 0 Å². The topological polar surface area (TPSA) is 42.2 Å². The van der Waals surface area contributed by atoms with Crippen LogP contribution in [0.4, 0.5) is 0 Å². The minimum atomic E-state index is 0.0872. The molecular formula is C14H25NO2. The first-order chi connectivity index (χ1) is 7.88. The number of allylic oxidation sites excluding steroid dienone is 1. The second-order valence-corrected chi connectivity index (χ2v) is 5.42. The standard InChI is InChI=1S/C14H25NO2/c1-12(2)11-13(14(3,4)5)17-10-9-16-8-6-7-15/h11,13H,6,8-10H2,1-5H3. The van der Waals surface area contributed by atoms with E-state index in [2.05, 4.69) is 40.7 Å². The molecule has 0 spiro atoms. The number of nitriles is 1. The number of hydrogen-bond donors (Lipinski definition) is 0. The Morgan fingerprint density at radius 3 is 2.35 bits per heavy atom. The molecule has 0 saturated carbocycles. The van der Waals surface area contributed by atoms with Gasteiger partial charge >= 0.3 is 0 Å². The highest BCUT2D eigenvalue weighted by Crippen LogP contribution is 2.24. The highest BCUT2D eigenvalue weighted by Gasteiger charge is 2.22. The average Bonchev–Trinajstić information content (AvgIpc) is 2.19. The summed E-state index contributed by atoms with van der Waals surface area (Å²) in [5, 5.41) is 8.35. The fourth-order valence-corrected chi connectivity index (χ4v) is 1.30. The fraction of sp³-hybridized carbons (Fsp3) is 0.786. The zero-order valence-corrected chi connectivity index (χ0v) is 11.7. The van der Waals surface area contributed by atoms with Crippen molar-refractivity contribution >= 4 is 0 Å². The maximum atomic E-state index is 8.35. The molecule has 0 aliphatic rings. The smallest absolute Gasteiger partial charge is 0.0807 e. The first kappa shape index (κ1) is 16.1. The molecule has 3 heteroatoms. The van der Waals surface area contributed by atoms with Crippen LogP contribution in [0.2, 0.25) is 0 Å². The van der Waals surface area contributed by atoms with Gasteiger partial charge in [0, 0.05) is 0 Å². The summed E-state index contributed by atoms with van der Waals surface area (Å²) in [4.78, 5) is 0. The third-order valence-corrected chi connectivity index (χ3v) is 2.22. The van der Waals surface area contributed by atoms with Gasteiger partial charge in [-0.2, -0.15) is 5.26 Å². The van der Waals surface area contributed by atoms with Gasteiger partial charge in [-0.25, -0.2) is 0 Å². The Bertz CT molecular complexity index is 267. The van der Waals surface area contributed by atoms with Crippen LogP contribution in [0.25, 0.3) is 0 Å². The van der Waals surface area contributed by atoms with Crippen molar-refractivity contribution in [3.05, 3.63) is 11.6 Å². The van der Waals surface area contributed by atoms with Gasteiger partial charge < -0.3 is 9.47 Å². The summed E-state index contributed by atoms with van der Waals surface area (Å²) in [6.07, 6.45) is 2.69. The van der Waals surface area contributed by atoms with Gasteiger partial charge in [-0.3, -0.25) is 0 Å². The molecule has 0 aromatic carbocycles. The lowest BCUT2D eigenvalue weighted by Crippen LogP contribution is -2.29. The quantitative estimate of drug-likeness (QED) is 0.505. The lowest BCUT2D eigenvalue weighted by atomic mass is 9.88. The molecule has 0 aromatic rings. The van der Waals surface area contributed by atoms with Gasteiger partial charge in [0.15, 0.2) is 0 Å². The summed E-state index contributed by atoms with van der Waals surface area (Å²) in [7, 11) is 0. The third-order valence-electron chi connectivity index (χ3n) is 2.22. The second-order valence-electron chi connectivity index (χ2n) is 5.42. The molecular weight excluding hydrogens is 214 g/mol. The van der Waals surface area contributed by atoms with Crippen molar-refractivity contribution in [1.29, 1.82) is 5.26 Å². The van der Waals surface area contributed by atoms with Crippen molar-refractivity contribution < 1.29 is 9.47 Å². The van der Waals surface area contributed by atoms with E-state index in [1.807, 2.05) is 6.07 Å². The van der Waals surface area contributed by atoms with Crippen LogP contribution in [0.5, 0.6) is 0 Å². The predicted octanol–water partition coefficient (Wildman–Crippen LogP) is 3.31. The molecule has 0 rings (SSSR count). The van der Waals surface area contributed by atoms with Crippen LogP contribution in [-0.2, 0) is 9.47 Å². The van der Waals surface area contributed by atoms with Gasteiger partial charge in [0.1, 0.15) is 0 Å². The van der Waals surface area contributed by atoms with Crippen LogP contribution < -0.4 is 0 Å². The summed E-state index contributed by atoms with van der Waals surface area (Å²) in [5.74, 6) is 0. The van der Waals surface area contributed by atoms with Gasteiger partial charge in [-0.1, -0.05) is 32.4 Å². The van der Waals surface area contributed by atoms with Crippen molar-refractivity contribution in [2.75, 3.05) is 19.8 Å². The summed E-state index contributed by atoms with van der Waals surface area (Å²) in [6.45, 7) is 12.2. The summed E-state index contributed by atoms with van der Waals surface area (Å²) in [5.41, 5.74) is 1.35. The third kappa shape index (κ3) is 8.91. The Morgan fingerprint density at radius 2 is 1.88 bits per heavy atom. The van der Waals surface area contributed by atoms with Crippen molar-refractivity contribution in [2.24, 2.45) is 5.41 Å². The van der Waals surface area contributed by atoms with Gasteiger partial charge in [0.05, 0.1) is 38.4 Å². The maximum absolute atomic E-state index is 8.35. The molecule has 1 unspecified atom stereocenters. The Balaban J connectivity index is 3.95. The van der Waals surface area contributed by atoms with E-state index in [4.69, 9.17) is 14.7 Å². The monoisotopic (exact) mass is 239 g/mol. The minimum Gasteiger partial charge on any atom is -0.378 e. The van der Waals surface area contributed by atoms with E-state index in [1.54, 1.807) is 0 Å². The SMILES string of the molecule is CC(C)=CC(OCCOCCC#N)C(C)(C)C. The number of nitrogens with zero attached hydrogens (tertiary/aromatic N) is 1. The lowest BCUT2D eigenvalue weighted by molar-refractivity contribution is -0.0180. The van der Waals surface area contributed by atoms with Gasteiger partial charge in [0.2, 0.25) is 0 Å². The lowest BCUT2D eigenvalue weighted by Gasteiger charge is -2.28. The molecule has 98 valence electrons. The minimum absolute atomic E-state index is 0.0872. The molecule has 0 radical (unpaired) electrons. The maximum Gasteiger partial charge on any atom is 0.0807 e. The summed E-state index contributed by atoms with van der Waals surface area (Å²) < 4.78 is 11.1. The molecule has 0 aliphatic heterocycles. The number of hydrogen-bond acceptors (Lipinski definition) is 3. The Morgan fingerprint density at radius 1 is 1.24 bits per heavy atom. The number of rotatable bonds is 7. The van der Waals surface area contributed by atoms with E-state index in [1.165, 1.54) is 5.57 Å². The molecule has 3 nitrogen and oxygen atoms in total. The Labute approximate surface area is 105 Å². The highest BCUT2D eigenvalue weighted by atomic mass is 16.5. The van der Waals surface area contributed by atoms with Gasteiger partial charge in [-0.05, 0) is 19.3 Å². The normalized spacial score (nSPS) is 12.9. The molecule has 17 heavy (non-hydrogen) atoms. The van der Waals surface area contributed by atoms with Crippen LogP contribution in [0.15, 0.2) is 11.6 Å². The van der Waals surface area contributed by atoms with E-state index in [-0.39, 0.29) is 11.5 Å². The molecule has 0 fully saturated rings. The second kappa shape index (κ2) is 8.27. The van der Waals surface area contributed by atoms with Gasteiger partial charge in [-0.15, -0.1) is 0 Å². The van der Waals surface area contributed by atoms with E-state index in [9.17, 15) is 0 Å². The number of ether oxygens (including phenoxy) is 2. The van der Waals surface area contributed by atoms with Crippen LogP contribution in [0.3, 0.4) is 0 Å². The van der Waals surface area contributed by atoms with E-state index in [0.717, 1.165) is 0 Å². The van der Waals surface area contributed by atoms with E-state index < -0.39 is 0 Å². The highest BCUT2D eigenvalue weighted by molar-refractivity contribution is 5.02. The molecule has 0 heterocycles. The van der Waals surface area contributed by atoms with E-state index in [0.29, 0.717) is 26.2 Å². The van der Waals surface area contributed by atoms with Crippen LogP contribution in [-0.4, -0.2) is 25.9 Å².